The fourth-order valence-corrected chi connectivity index (χ4v) is 2.62. The minimum Gasteiger partial charge on any atom is -0.384 e. The summed E-state index contributed by atoms with van der Waals surface area (Å²) in [6, 6.07) is -0.278. The molecule has 21 heavy (non-hydrogen) atoms. The molecule has 1 heterocycles. The second kappa shape index (κ2) is 6.56. The van der Waals surface area contributed by atoms with Crippen molar-refractivity contribution in [2.75, 3.05) is 13.7 Å². The molecule has 2 rings (SSSR count). The predicted octanol–water partition coefficient (Wildman–Crippen LogP) is 2.26. The molecule has 0 unspecified atom stereocenters. The maximum Gasteiger partial charge on any atom is 0.248 e. The van der Waals surface area contributed by atoms with Crippen LogP contribution in [0.15, 0.2) is 4.52 Å². The van der Waals surface area contributed by atoms with Crippen LogP contribution in [0.2, 0.25) is 0 Å². The standard InChI is InChI=1S/C15H25N3O3/c1-10(2)8-12-17-13(21-18-12)11(3)16-14(19)15(9-20-4)6-5-7-15/h10-11H,5-9H2,1-4H3,(H,16,19)/t11-/m1/s1. The summed E-state index contributed by atoms with van der Waals surface area (Å²) in [4.78, 5) is 16.8. The Kier molecular flexibility index (Phi) is 4.98. The Morgan fingerprint density at radius 1 is 1.43 bits per heavy atom. The van der Waals surface area contributed by atoms with Crippen molar-refractivity contribution in [2.24, 2.45) is 11.3 Å². The van der Waals surface area contributed by atoms with Crippen LogP contribution >= 0.6 is 0 Å². The predicted molar refractivity (Wildman–Crippen MR) is 77.6 cm³/mol. The summed E-state index contributed by atoms with van der Waals surface area (Å²) < 4.78 is 10.4. The molecule has 1 aromatic rings. The van der Waals surface area contributed by atoms with Gasteiger partial charge in [-0.25, -0.2) is 0 Å². The van der Waals surface area contributed by atoms with Gasteiger partial charge in [-0.1, -0.05) is 25.4 Å². The second-order valence-electron chi connectivity index (χ2n) is 6.41. The van der Waals surface area contributed by atoms with Crippen molar-refractivity contribution in [1.29, 1.82) is 0 Å². The Hall–Kier alpha value is -1.43. The Morgan fingerprint density at radius 3 is 2.67 bits per heavy atom. The summed E-state index contributed by atoms with van der Waals surface area (Å²) >= 11 is 0. The maximum atomic E-state index is 12.4. The summed E-state index contributed by atoms with van der Waals surface area (Å²) in [6.45, 7) is 6.54. The number of carbonyl (C=O) groups excluding carboxylic acids is 1. The van der Waals surface area contributed by atoms with E-state index in [1.54, 1.807) is 7.11 Å². The van der Waals surface area contributed by atoms with Gasteiger partial charge in [-0.05, 0) is 25.7 Å². The quantitative estimate of drug-likeness (QED) is 0.835. The first kappa shape index (κ1) is 15.9. The van der Waals surface area contributed by atoms with Crippen molar-refractivity contribution in [2.45, 2.75) is 52.5 Å². The first-order valence-electron chi connectivity index (χ1n) is 7.59. The Bertz CT molecular complexity index is 480. The number of hydrogen-bond donors (Lipinski definition) is 1. The molecule has 6 nitrogen and oxygen atoms in total. The zero-order valence-corrected chi connectivity index (χ0v) is 13.3. The molecule has 1 amide bonds. The van der Waals surface area contributed by atoms with Crippen molar-refractivity contribution in [1.82, 2.24) is 15.5 Å². The van der Waals surface area contributed by atoms with Crippen LogP contribution in [-0.2, 0) is 16.0 Å². The molecular formula is C15H25N3O3. The molecule has 1 saturated carbocycles. The molecule has 0 bridgehead atoms. The normalized spacial score (nSPS) is 18.3. The smallest absolute Gasteiger partial charge is 0.248 e. The fraction of sp³-hybridized carbons (Fsp3) is 0.800. The topological polar surface area (TPSA) is 77.2 Å². The van der Waals surface area contributed by atoms with E-state index in [0.29, 0.717) is 24.2 Å². The fourth-order valence-electron chi connectivity index (χ4n) is 2.62. The lowest BCUT2D eigenvalue weighted by atomic mass is 9.68. The van der Waals surface area contributed by atoms with Gasteiger partial charge in [0.25, 0.3) is 0 Å². The number of nitrogens with zero attached hydrogens (tertiary/aromatic N) is 2. The second-order valence-corrected chi connectivity index (χ2v) is 6.41. The highest BCUT2D eigenvalue weighted by Crippen LogP contribution is 2.41. The molecule has 1 fully saturated rings. The van der Waals surface area contributed by atoms with Crippen molar-refractivity contribution in [3.05, 3.63) is 11.7 Å². The minimum atomic E-state index is -0.371. The highest BCUT2D eigenvalue weighted by Gasteiger charge is 2.44. The van der Waals surface area contributed by atoms with Gasteiger partial charge in [0.2, 0.25) is 11.8 Å². The first-order chi connectivity index (χ1) is 9.97. The van der Waals surface area contributed by atoms with Gasteiger partial charge in [-0.2, -0.15) is 4.98 Å². The molecule has 1 aliphatic carbocycles. The number of carbonyl (C=O) groups is 1. The summed E-state index contributed by atoms with van der Waals surface area (Å²) in [6.07, 6.45) is 3.60. The zero-order chi connectivity index (χ0) is 15.5. The van der Waals surface area contributed by atoms with E-state index >= 15 is 0 Å². The van der Waals surface area contributed by atoms with Crippen LogP contribution in [0.4, 0.5) is 0 Å². The van der Waals surface area contributed by atoms with Crippen molar-refractivity contribution in [3.8, 4) is 0 Å². The van der Waals surface area contributed by atoms with Gasteiger partial charge in [0.05, 0.1) is 12.0 Å². The van der Waals surface area contributed by atoms with E-state index in [0.717, 1.165) is 25.7 Å². The Labute approximate surface area is 125 Å². The molecule has 1 aliphatic rings. The van der Waals surface area contributed by atoms with Crippen molar-refractivity contribution >= 4 is 5.91 Å². The highest BCUT2D eigenvalue weighted by atomic mass is 16.5. The molecule has 0 aliphatic heterocycles. The van der Waals surface area contributed by atoms with E-state index < -0.39 is 0 Å². The molecule has 1 N–H and O–H groups in total. The van der Waals surface area contributed by atoms with Crippen LogP contribution in [0.5, 0.6) is 0 Å². The molecule has 0 radical (unpaired) electrons. The molecular weight excluding hydrogens is 270 g/mol. The third-order valence-corrected chi connectivity index (χ3v) is 4.01. The van der Waals surface area contributed by atoms with Crippen LogP contribution in [0, 0.1) is 11.3 Å². The van der Waals surface area contributed by atoms with E-state index in [2.05, 4.69) is 29.3 Å². The summed E-state index contributed by atoms with van der Waals surface area (Å²) in [5, 5.41) is 6.93. The minimum absolute atomic E-state index is 0.0201. The highest BCUT2D eigenvalue weighted by molar-refractivity contribution is 5.84. The number of methoxy groups -OCH3 is 1. The monoisotopic (exact) mass is 295 g/mol. The van der Waals surface area contributed by atoms with Crippen molar-refractivity contribution in [3.63, 3.8) is 0 Å². The number of rotatable bonds is 7. The van der Waals surface area contributed by atoms with Crippen molar-refractivity contribution < 1.29 is 14.1 Å². The van der Waals surface area contributed by atoms with E-state index in [1.165, 1.54) is 0 Å². The Balaban J connectivity index is 1.95. The molecule has 6 heteroatoms. The molecule has 0 saturated heterocycles. The maximum absolute atomic E-state index is 12.4. The van der Waals surface area contributed by atoms with Gasteiger partial charge >= 0.3 is 0 Å². The van der Waals surface area contributed by atoms with Gasteiger partial charge in [0, 0.05) is 13.5 Å². The van der Waals surface area contributed by atoms with Crippen LogP contribution < -0.4 is 5.32 Å². The van der Waals surface area contributed by atoms with Crippen LogP contribution in [0.1, 0.15) is 57.8 Å². The number of amides is 1. The average Bonchev–Trinajstić information content (AvgIpc) is 2.81. The lowest BCUT2D eigenvalue weighted by Crippen LogP contribution is -2.49. The summed E-state index contributed by atoms with van der Waals surface area (Å²) in [5.41, 5.74) is -0.371. The number of aromatic nitrogens is 2. The third kappa shape index (κ3) is 3.61. The number of ether oxygens (including phenoxy) is 1. The van der Waals surface area contributed by atoms with Crippen LogP contribution in [-0.4, -0.2) is 29.8 Å². The van der Waals surface area contributed by atoms with Crippen LogP contribution in [0.25, 0.3) is 0 Å². The van der Waals surface area contributed by atoms with Gasteiger partial charge < -0.3 is 14.6 Å². The number of nitrogens with one attached hydrogen (secondary N) is 1. The van der Waals surface area contributed by atoms with E-state index in [4.69, 9.17) is 9.26 Å². The van der Waals surface area contributed by atoms with E-state index in [-0.39, 0.29) is 17.4 Å². The zero-order valence-electron chi connectivity index (χ0n) is 13.3. The number of hydrogen-bond acceptors (Lipinski definition) is 5. The molecule has 118 valence electrons. The van der Waals surface area contributed by atoms with Gasteiger partial charge in [0.1, 0.15) is 6.04 Å². The molecule has 1 atom stereocenters. The van der Waals surface area contributed by atoms with Crippen LogP contribution in [0.3, 0.4) is 0 Å². The first-order valence-corrected chi connectivity index (χ1v) is 7.59. The summed E-state index contributed by atoms with van der Waals surface area (Å²) in [7, 11) is 1.63. The van der Waals surface area contributed by atoms with E-state index in [1.807, 2.05) is 6.92 Å². The average molecular weight is 295 g/mol. The molecule has 0 spiro atoms. The molecule has 0 aromatic carbocycles. The lowest BCUT2D eigenvalue weighted by Gasteiger charge is -2.39. The third-order valence-electron chi connectivity index (χ3n) is 4.01. The largest absolute Gasteiger partial charge is 0.384 e. The van der Waals surface area contributed by atoms with Gasteiger partial charge in [0.15, 0.2) is 5.82 Å². The summed E-state index contributed by atoms with van der Waals surface area (Å²) in [5.74, 6) is 1.65. The lowest BCUT2D eigenvalue weighted by molar-refractivity contribution is -0.141. The Morgan fingerprint density at radius 2 is 2.14 bits per heavy atom. The molecule has 1 aromatic heterocycles. The van der Waals surface area contributed by atoms with E-state index in [9.17, 15) is 4.79 Å². The van der Waals surface area contributed by atoms with Gasteiger partial charge in [-0.3, -0.25) is 4.79 Å². The SMILES string of the molecule is COCC1(C(=O)N[C@H](C)c2nc(CC(C)C)no2)CCC1. The van der Waals surface area contributed by atoms with Gasteiger partial charge in [-0.15, -0.1) is 0 Å².